The Hall–Kier alpha value is -1.30. The van der Waals surface area contributed by atoms with E-state index in [1.54, 1.807) is 10.8 Å². The molecule has 2 aromatic rings. The third kappa shape index (κ3) is 1.86. The number of fused-ring (bicyclic) bond motifs is 1. The number of nitrogens with zero attached hydrogens (tertiary/aromatic N) is 2. The molecule has 2 aromatic heterocycles. The largest absolute Gasteiger partial charge is 0.382 e. The Kier molecular flexibility index (Phi) is 2.99. The number of halogens is 1. The van der Waals surface area contributed by atoms with E-state index in [1.165, 1.54) is 0 Å². The van der Waals surface area contributed by atoms with Crippen LogP contribution < -0.4 is 11.3 Å². The Labute approximate surface area is 107 Å². The van der Waals surface area contributed by atoms with E-state index in [9.17, 15) is 4.79 Å². The molecule has 0 aliphatic carbocycles. The Bertz CT molecular complexity index is 614. The van der Waals surface area contributed by atoms with E-state index in [0.29, 0.717) is 16.8 Å². The summed E-state index contributed by atoms with van der Waals surface area (Å²) in [6, 6.07) is 0.109. The molecule has 2 rings (SSSR count). The molecule has 0 saturated carbocycles. The molecule has 0 bridgehead atoms. The zero-order chi connectivity index (χ0) is 12.7. The van der Waals surface area contributed by atoms with E-state index >= 15 is 0 Å². The van der Waals surface area contributed by atoms with Gasteiger partial charge >= 0.3 is 0 Å². The van der Waals surface area contributed by atoms with Crippen LogP contribution in [0.5, 0.6) is 0 Å². The quantitative estimate of drug-likeness (QED) is 0.893. The molecule has 0 fully saturated rings. The van der Waals surface area contributed by atoms with Crippen LogP contribution in [0.3, 0.4) is 0 Å². The molecule has 0 unspecified atom stereocenters. The van der Waals surface area contributed by atoms with Crippen LogP contribution in [-0.4, -0.2) is 14.8 Å². The van der Waals surface area contributed by atoms with Crippen molar-refractivity contribution < 1.29 is 0 Å². The average molecular weight is 299 g/mol. The van der Waals surface area contributed by atoms with Crippen LogP contribution in [0.4, 0.5) is 5.82 Å². The van der Waals surface area contributed by atoms with Crippen LogP contribution in [0.15, 0.2) is 15.5 Å². The average Bonchev–Trinajstić information content (AvgIpc) is 2.65. The minimum absolute atomic E-state index is 0.101. The molecule has 1 atom stereocenters. The third-order valence-electron chi connectivity index (χ3n) is 3.14. The van der Waals surface area contributed by atoms with Crippen molar-refractivity contribution in [2.24, 2.45) is 5.92 Å². The fraction of sp³-hybridized carbons (Fsp3) is 0.455. The number of pyridine rings is 1. The van der Waals surface area contributed by atoms with Crippen LogP contribution in [0.2, 0.25) is 0 Å². The topological polar surface area (TPSA) is 76.7 Å². The Morgan fingerprint density at radius 3 is 2.71 bits per heavy atom. The van der Waals surface area contributed by atoms with Crippen molar-refractivity contribution >= 4 is 32.7 Å². The summed E-state index contributed by atoms with van der Waals surface area (Å²) < 4.78 is 2.49. The van der Waals surface area contributed by atoms with Crippen LogP contribution in [-0.2, 0) is 0 Å². The number of rotatable bonds is 2. The van der Waals surface area contributed by atoms with Crippen molar-refractivity contribution in [1.29, 1.82) is 0 Å². The number of nitrogen functional groups attached to an aromatic ring is 1. The summed E-state index contributed by atoms with van der Waals surface area (Å²) in [5.41, 5.74) is 6.27. The maximum atomic E-state index is 12.3. The van der Waals surface area contributed by atoms with Gasteiger partial charge in [-0.15, -0.1) is 0 Å². The first-order valence-corrected chi connectivity index (χ1v) is 6.27. The maximum absolute atomic E-state index is 12.3. The molecule has 2 heterocycles. The third-order valence-corrected chi connectivity index (χ3v) is 3.74. The highest BCUT2D eigenvalue weighted by molar-refractivity contribution is 9.10. The van der Waals surface area contributed by atoms with Crippen molar-refractivity contribution in [1.82, 2.24) is 14.8 Å². The molecule has 17 heavy (non-hydrogen) atoms. The van der Waals surface area contributed by atoms with Crippen molar-refractivity contribution in [3.63, 3.8) is 0 Å². The smallest absolute Gasteiger partial charge is 0.264 e. The lowest BCUT2D eigenvalue weighted by Crippen LogP contribution is -2.26. The van der Waals surface area contributed by atoms with Crippen molar-refractivity contribution in [2.75, 3.05) is 5.73 Å². The van der Waals surface area contributed by atoms with Gasteiger partial charge in [-0.2, -0.15) is 5.10 Å². The number of aromatic nitrogens is 3. The van der Waals surface area contributed by atoms with Gasteiger partial charge in [0, 0.05) is 12.2 Å². The molecule has 0 aliphatic rings. The first-order valence-electron chi connectivity index (χ1n) is 5.47. The van der Waals surface area contributed by atoms with E-state index in [1.807, 2.05) is 6.92 Å². The van der Waals surface area contributed by atoms with Gasteiger partial charge in [0.1, 0.15) is 5.39 Å². The van der Waals surface area contributed by atoms with Gasteiger partial charge < -0.3 is 10.3 Å². The summed E-state index contributed by atoms with van der Waals surface area (Å²) in [7, 11) is 0. The van der Waals surface area contributed by atoms with Crippen LogP contribution in [0.25, 0.3) is 10.9 Å². The van der Waals surface area contributed by atoms with Crippen LogP contribution in [0, 0.1) is 5.92 Å². The van der Waals surface area contributed by atoms with Gasteiger partial charge in [0.25, 0.3) is 5.56 Å². The highest BCUT2D eigenvalue weighted by atomic mass is 79.9. The number of hydrogen-bond acceptors (Lipinski definition) is 3. The number of nitrogens with two attached hydrogens (primary N) is 1. The van der Waals surface area contributed by atoms with E-state index in [4.69, 9.17) is 5.73 Å². The van der Waals surface area contributed by atoms with Crippen molar-refractivity contribution in [3.8, 4) is 0 Å². The second kappa shape index (κ2) is 4.18. The van der Waals surface area contributed by atoms with E-state index < -0.39 is 0 Å². The molecular formula is C11H15BrN4O. The zero-order valence-corrected chi connectivity index (χ0v) is 11.6. The highest BCUT2D eigenvalue weighted by Gasteiger charge is 2.17. The van der Waals surface area contributed by atoms with Crippen LogP contribution >= 0.6 is 15.9 Å². The highest BCUT2D eigenvalue weighted by Crippen LogP contribution is 2.25. The fourth-order valence-electron chi connectivity index (χ4n) is 1.74. The van der Waals surface area contributed by atoms with Gasteiger partial charge in [-0.1, -0.05) is 13.8 Å². The van der Waals surface area contributed by atoms with Gasteiger partial charge in [-0.25, -0.2) is 0 Å². The van der Waals surface area contributed by atoms with Crippen LogP contribution in [0.1, 0.15) is 26.8 Å². The number of aromatic amines is 1. The number of nitrogens with one attached hydrogen (secondary N) is 1. The Balaban J connectivity index is 2.79. The molecule has 0 radical (unpaired) electrons. The minimum Gasteiger partial charge on any atom is -0.382 e. The zero-order valence-electron chi connectivity index (χ0n) is 9.99. The number of hydrogen-bond donors (Lipinski definition) is 2. The van der Waals surface area contributed by atoms with E-state index in [-0.39, 0.29) is 17.4 Å². The second-order valence-electron chi connectivity index (χ2n) is 4.53. The molecule has 0 spiro atoms. The number of H-pyrrole nitrogens is 1. The van der Waals surface area contributed by atoms with Crippen molar-refractivity contribution in [2.45, 2.75) is 26.8 Å². The Morgan fingerprint density at radius 2 is 2.12 bits per heavy atom. The molecule has 6 heteroatoms. The summed E-state index contributed by atoms with van der Waals surface area (Å²) in [4.78, 5) is 12.3. The SMILES string of the molecule is CC(C)[C@@H](C)n1cc(Br)c2[nH]nc(N)c2c1=O. The molecule has 0 aromatic carbocycles. The lowest BCUT2D eigenvalue weighted by molar-refractivity contribution is 0.399. The molecule has 5 nitrogen and oxygen atoms in total. The van der Waals surface area contributed by atoms with Gasteiger partial charge in [-0.05, 0) is 28.8 Å². The molecule has 0 amide bonds. The number of anilines is 1. The molecule has 92 valence electrons. The van der Waals surface area contributed by atoms with Gasteiger partial charge in [0.05, 0.1) is 9.99 Å². The molecule has 3 N–H and O–H groups in total. The Morgan fingerprint density at radius 1 is 1.47 bits per heavy atom. The summed E-state index contributed by atoms with van der Waals surface area (Å²) in [5.74, 6) is 0.612. The fourth-order valence-corrected chi connectivity index (χ4v) is 2.25. The lowest BCUT2D eigenvalue weighted by Gasteiger charge is -2.19. The predicted molar refractivity (Wildman–Crippen MR) is 72.0 cm³/mol. The van der Waals surface area contributed by atoms with Gasteiger partial charge in [0.2, 0.25) is 0 Å². The molecular weight excluding hydrogens is 284 g/mol. The van der Waals surface area contributed by atoms with Gasteiger partial charge in [-0.3, -0.25) is 9.89 Å². The normalized spacial score (nSPS) is 13.5. The summed E-state index contributed by atoms with van der Waals surface area (Å²) in [6.07, 6.45) is 1.78. The summed E-state index contributed by atoms with van der Waals surface area (Å²) >= 11 is 3.43. The first kappa shape index (κ1) is 12.2. The summed E-state index contributed by atoms with van der Waals surface area (Å²) in [6.45, 7) is 6.17. The monoisotopic (exact) mass is 298 g/mol. The maximum Gasteiger partial charge on any atom is 0.264 e. The van der Waals surface area contributed by atoms with Crippen molar-refractivity contribution in [3.05, 3.63) is 21.0 Å². The first-order chi connectivity index (χ1) is 7.93. The standard InChI is InChI=1S/C11H15BrN4O/c1-5(2)6(3)16-4-7(12)9-8(11(16)17)10(13)15-14-9/h4-6H,1-3H3,(H3,13,14,15)/t6-/m1/s1. The summed E-state index contributed by atoms with van der Waals surface area (Å²) in [5, 5.41) is 7.08. The molecule has 0 aliphatic heterocycles. The lowest BCUT2D eigenvalue weighted by atomic mass is 10.1. The van der Waals surface area contributed by atoms with Gasteiger partial charge in [0.15, 0.2) is 5.82 Å². The van der Waals surface area contributed by atoms with E-state index in [2.05, 4.69) is 40.0 Å². The molecule has 0 saturated heterocycles. The predicted octanol–water partition coefficient (Wildman–Crippen LogP) is 2.29. The second-order valence-corrected chi connectivity index (χ2v) is 5.39. The van der Waals surface area contributed by atoms with E-state index in [0.717, 1.165) is 4.47 Å². The minimum atomic E-state index is -0.101.